The summed E-state index contributed by atoms with van der Waals surface area (Å²) in [5.41, 5.74) is 2.37. The summed E-state index contributed by atoms with van der Waals surface area (Å²) >= 11 is 2.98. The second-order valence-corrected chi connectivity index (χ2v) is 14.5. The first-order chi connectivity index (χ1) is 32.5. The lowest BCUT2D eigenvalue weighted by Crippen LogP contribution is -2.20. The number of benzene rings is 4. The zero-order valence-corrected chi connectivity index (χ0v) is 36.7. The highest BCUT2D eigenvalue weighted by Gasteiger charge is 2.15. The SMILES string of the molecule is CSc1ncc[nH]1.CSc1nccn1C(=O)Nc1ccc(F)cc1.O=C(Nc1ccc(F)cc1)n1ccnc1Nc1ccc(Oc2ccnc3[nH]ccc23)c(F)c1.O=C=Nc1ccc(F)cc1. The normalized spacial score (nSPS) is 10.2. The van der Waals surface area contributed by atoms with Gasteiger partial charge in [-0.05, 0) is 110 Å². The van der Waals surface area contributed by atoms with E-state index >= 15 is 0 Å². The molecule has 0 atom stereocenters. The number of aliphatic imine (C=N–C) groups is 1. The molecule has 0 bridgehead atoms. The first-order valence-corrected chi connectivity index (χ1v) is 21.8. The van der Waals surface area contributed by atoms with Gasteiger partial charge in [0, 0.05) is 72.7 Å². The number of aromatic nitrogens is 8. The number of H-pyrrole nitrogens is 2. The van der Waals surface area contributed by atoms with Crippen molar-refractivity contribution in [2.24, 2.45) is 4.99 Å². The molecule has 0 aliphatic rings. The summed E-state index contributed by atoms with van der Waals surface area (Å²) < 4.78 is 61.0. The number of carbonyl (C=O) groups is 2. The van der Waals surface area contributed by atoms with Gasteiger partial charge in [-0.3, -0.25) is 0 Å². The van der Waals surface area contributed by atoms with E-state index in [1.54, 1.807) is 60.9 Å². The van der Waals surface area contributed by atoms with Gasteiger partial charge in [-0.2, -0.15) is 4.99 Å². The average molecular weight is 949 g/mol. The zero-order valence-electron chi connectivity index (χ0n) is 35.0. The van der Waals surface area contributed by atoms with Crippen LogP contribution in [0.25, 0.3) is 11.0 Å². The Morgan fingerprint density at radius 2 is 1.25 bits per heavy atom. The number of carbonyl (C=O) groups excluding carboxylic acids is 3. The third kappa shape index (κ3) is 14.0. The lowest BCUT2D eigenvalue weighted by Gasteiger charge is -2.12. The fraction of sp³-hybridized carbons (Fsp3) is 0.0444. The number of isocyanates is 1. The highest BCUT2D eigenvalue weighted by atomic mass is 32.2. The highest BCUT2D eigenvalue weighted by molar-refractivity contribution is 7.98. The van der Waals surface area contributed by atoms with Gasteiger partial charge in [-0.15, -0.1) is 0 Å². The van der Waals surface area contributed by atoms with Crippen molar-refractivity contribution in [3.8, 4) is 11.5 Å². The number of thioether (sulfide) groups is 2. The number of aromatic amines is 2. The molecule has 2 amide bonds. The Labute approximate surface area is 387 Å². The van der Waals surface area contributed by atoms with Crippen molar-refractivity contribution < 1.29 is 36.7 Å². The molecule has 0 spiro atoms. The van der Waals surface area contributed by atoms with Crippen LogP contribution in [0.15, 0.2) is 168 Å². The monoisotopic (exact) mass is 948 g/mol. The Bertz CT molecular complexity index is 3050. The Balaban J connectivity index is 0.000000179. The molecule has 5 aromatic heterocycles. The number of rotatable bonds is 9. The van der Waals surface area contributed by atoms with E-state index in [2.05, 4.69) is 50.8 Å². The molecule has 0 saturated carbocycles. The minimum Gasteiger partial charge on any atom is -0.453 e. The van der Waals surface area contributed by atoms with Gasteiger partial charge in [0.2, 0.25) is 12.0 Å². The minimum atomic E-state index is -0.602. The fourth-order valence-corrected chi connectivity index (χ4v) is 6.31. The first kappa shape index (κ1) is 48.0. The van der Waals surface area contributed by atoms with Crippen LogP contribution in [0.5, 0.6) is 11.5 Å². The molecule has 16 nitrogen and oxygen atoms in total. The van der Waals surface area contributed by atoms with Crippen LogP contribution in [0.2, 0.25) is 0 Å². The molecule has 9 aromatic rings. The second kappa shape index (κ2) is 24.0. The summed E-state index contributed by atoms with van der Waals surface area (Å²) in [5, 5.41) is 10.5. The number of hydrogen-bond donors (Lipinski definition) is 5. The zero-order chi connectivity index (χ0) is 47.5. The summed E-state index contributed by atoms with van der Waals surface area (Å²) in [4.78, 5) is 59.5. The van der Waals surface area contributed by atoms with Crippen LogP contribution in [0.1, 0.15) is 0 Å². The van der Waals surface area contributed by atoms with Crippen LogP contribution in [0, 0.1) is 23.3 Å². The molecule has 5 heterocycles. The number of nitrogens with zero attached hydrogens (tertiary/aromatic N) is 7. The van der Waals surface area contributed by atoms with Gasteiger partial charge in [0.15, 0.2) is 21.9 Å². The van der Waals surface area contributed by atoms with Crippen molar-refractivity contribution in [1.82, 2.24) is 39.0 Å². The van der Waals surface area contributed by atoms with E-state index in [1.165, 1.54) is 124 Å². The topological polar surface area (TPSA) is 202 Å². The standard InChI is InChI=1S/C23H16F2N6O2.C11H10FN3OS.C7H4FNO.C4H6N2S/c24-14-1-3-15(4-2-14)30-23(32)31-12-11-28-22(31)29-16-5-6-20(18(25)13-16)33-19-8-10-27-21-17(19)7-9-26-21;1-17-11-13-6-7-15(11)10(16)14-9-4-2-8(12)3-5-9;8-6-1-3-7(4-2-6)9-5-10;1-7-4-5-2-3-6-4/h1-13H,(H,26,27)(H,28,29)(H,30,32);2-7H,1H3,(H,14,16);1-4H;2-3H,1H3,(H,5,6). The third-order valence-electron chi connectivity index (χ3n) is 8.55. The lowest BCUT2D eigenvalue weighted by molar-refractivity contribution is 0.251. The lowest BCUT2D eigenvalue weighted by atomic mass is 10.2. The fourth-order valence-electron chi connectivity index (χ4n) is 5.45. The predicted octanol–water partition coefficient (Wildman–Crippen LogP) is 11.4. The Morgan fingerprint density at radius 3 is 1.84 bits per heavy atom. The van der Waals surface area contributed by atoms with E-state index in [-0.39, 0.29) is 29.4 Å². The van der Waals surface area contributed by atoms with Crippen LogP contribution in [-0.2, 0) is 4.79 Å². The molecule has 0 fully saturated rings. The van der Waals surface area contributed by atoms with Crippen LogP contribution >= 0.6 is 23.5 Å². The van der Waals surface area contributed by atoms with Crippen LogP contribution in [0.3, 0.4) is 0 Å². The quantitative estimate of drug-likeness (QED) is 0.0399. The van der Waals surface area contributed by atoms with Gasteiger partial charge in [0.1, 0.15) is 28.8 Å². The van der Waals surface area contributed by atoms with Gasteiger partial charge in [0.25, 0.3) is 0 Å². The first-order valence-electron chi connectivity index (χ1n) is 19.3. The summed E-state index contributed by atoms with van der Waals surface area (Å²) in [7, 11) is 0. The predicted molar refractivity (Wildman–Crippen MR) is 248 cm³/mol. The Kier molecular flexibility index (Phi) is 17.2. The number of imidazole rings is 3. The van der Waals surface area contributed by atoms with Crippen LogP contribution in [0.4, 0.5) is 55.8 Å². The number of halogens is 4. The van der Waals surface area contributed by atoms with E-state index in [1.807, 2.05) is 18.7 Å². The van der Waals surface area contributed by atoms with E-state index < -0.39 is 17.7 Å². The molecule has 0 radical (unpaired) electrons. The smallest absolute Gasteiger partial charge is 0.332 e. The third-order valence-corrected chi connectivity index (χ3v) is 9.83. The maximum Gasteiger partial charge on any atom is 0.332 e. The Hall–Kier alpha value is -8.46. The van der Waals surface area contributed by atoms with Crippen molar-refractivity contribution in [3.63, 3.8) is 0 Å². The number of nitrogens with one attached hydrogen (secondary N) is 5. The Morgan fingerprint density at radius 1 is 0.642 bits per heavy atom. The summed E-state index contributed by atoms with van der Waals surface area (Å²) in [6, 6.07) is 23.1. The van der Waals surface area contributed by atoms with Crippen molar-refractivity contribution in [2.75, 3.05) is 28.5 Å². The van der Waals surface area contributed by atoms with E-state index in [0.717, 1.165) is 10.5 Å². The number of fused-ring (bicyclic) bond motifs is 1. The highest BCUT2D eigenvalue weighted by Crippen LogP contribution is 2.31. The number of amides is 2. The maximum atomic E-state index is 14.7. The molecular formula is C45H36F4N12O4S2. The molecular weight excluding hydrogens is 913 g/mol. The van der Waals surface area contributed by atoms with Gasteiger partial charge in [-0.1, -0.05) is 23.5 Å². The van der Waals surface area contributed by atoms with Crippen molar-refractivity contribution in [2.45, 2.75) is 10.3 Å². The molecule has 22 heteroatoms. The molecule has 0 saturated heterocycles. The van der Waals surface area contributed by atoms with E-state index in [9.17, 15) is 31.9 Å². The van der Waals surface area contributed by atoms with Gasteiger partial charge < -0.3 is 30.7 Å². The molecule has 5 N–H and O–H groups in total. The molecule has 67 heavy (non-hydrogen) atoms. The molecule has 0 aliphatic carbocycles. The summed E-state index contributed by atoms with van der Waals surface area (Å²) in [6.07, 6.45) is 18.0. The number of pyridine rings is 1. The van der Waals surface area contributed by atoms with Gasteiger partial charge in [0.05, 0.1) is 11.1 Å². The van der Waals surface area contributed by atoms with E-state index in [0.29, 0.717) is 39.3 Å². The second-order valence-electron chi connectivity index (χ2n) is 13.0. The summed E-state index contributed by atoms with van der Waals surface area (Å²) in [6.45, 7) is 0. The molecule has 9 rings (SSSR count). The largest absolute Gasteiger partial charge is 0.453 e. The average Bonchev–Trinajstić information content (AvgIpc) is 4.19. The summed E-state index contributed by atoms with van der Waals surface area (Å²) in [5.74, 6) is -1.02. The molecule has 0 aliphatic heterocycles. The van der Waals surface area contributed by atoms with Gasteiger partial charge in [-0.25, -0.2) is 61.0 Å². The van der Waals surface area contributed by atoms with Gasteiger partial charge >= 0.3 is 12.1 Å². The van der Waals surface area contributed by atoms with Crippen LogP contribution < -0.4 is 20.7 Å². The number of ether oxygens (including phenoxy) is 1. The molecule has 340 valence electrons. The number of hydrogen-bond acceptors (Lipinski definition) is 12. The van der Waals surface area contributed by atoms with E-state index in [4.69, 9.17) is 4.74 Å². The molecule has 0 unspecified atom stereocenters. The van der Waals surface area contributed by atoms with Crippen molar-refractivity contribution in [1.29, 1.82) is 0 Å². The van der Waals surface area contributed by atoms with Crippen molar-refractivity contribution >= 4 is 81.4 Å². The number of anilines is 4. The van der Waals surface area contributed by atoms with Crippen LogP contribution in [-0.4, -0.2) is 69.7 Å². The molecule has 4 aromatic carbocycles. The maximum absolute atomic E-state index is 14.7. The van der Waals surface area contributed by atoms with Crippen molar-refractivity contribution in [3.05, 3.63) is 176 Å². The minimum absolute atomic E-state index is 0.0339.